The van der Waals surface area contributed by atoms with Crippen molar-refractivity contribution in [2.24, 2.45) is 0 Å². The molecule has 0 saturated heterocycles. The van der Waals surface area contributed by atoms with Crippen LogP contribution in [0.5, 0.6) is 0 Å². The van der Waals surface area contributed by atoms with Crippen molar-refractivity contribution in [2.75, 3.05) is 14.4 Å². The summed E-state index contributed by atoms with van der Waals surface area (Å²) in [7, 11) is 0. The van der Waals surface area contributed by atoms with E-state index in [0.29, 0.717) is 0 Å². The molecule has 0 radical (unpaired) electrons. The molecule has 27 aromatic rings. The highest BCUT2D eigenvalue weighted by molar-refractivity contribution is 7.28. The molecule has 0 bridgehead atoms. The number of hydrogen-bond donors (Lipinski definition) is 0. The summed E-state index contributed by atoms with van der Waals surface area (Å²) < 4.78 is 15.4. The van der Waals surface area contributed by atoms with Gasteiger partial charge in [0, 0.05) is 167 Å². The Labute approximate surface area is 807 Å². The van der Waals surface area contributed by atoms with Crippen LogP contribution < -0.4 is 47.2 Å². The van der Waals surface area contributed by atoms with Gasteiger partial charge in [0.05, 0.1) is 33.1 Å². The van der Waals surface area contributed by atoms with Crippen molar-refractivity contribution < 1.29 is 0 Å². The molecule has 0 fully saturated rings. The SMILES string of the molecule is c1ccc(-n2c3ccccc3c3cc4c(cc32)sc2c3c(ccc24)B2c4ccccc4-c4ccccc4N2c2ccccc2-3)cc1.c1ccc(-n2c3ccccc3c3cc4c(cc32)sc2cc3c(cc24)B2c4ccccc4-c4ccccc4N2c2ccccc2-3)cc1.c1ccc(-n2c3ccccc3c3cc4sc5c6c(ccc5c4cc32)-c2ccccc2N2B6c3ccccc3-c3ccccc32)cc1. The van der Waals surface area contributed by atoms with E-state index in [2.05, 4.69) is 483 Å². The van der Waals surface area contributed by atoms with Crippen molar-refractivity contribution in [3.63, 3.8) is 0 Å². The van der Waals surface area contributed by atoms with Crippen LogP contribution in [0.1, 0.15) is 0 Å². The molecule has 6 aromatic heterocycles. The Bertz CT molecular complexity index is 9910. The minimum Gasteiger partial charge on any atom is -0.376 e. The van der Waals surface area contributed by atoms with Crippen molar-refractivity contribution in [1.29, 1.82) is 0 Å². The van der Waals surface area contributed by atoms with Gasteiger partial charge in [-0.2, -0.15) is 0 Å². The molecule has 0 amide bonds. The monoisotopic (exact) mass is 1800 g/mol. The Morgan fingerprint density at radius 3 is 0.971 bits per heavy atom. The second kappa shape index (κ2) is 29.4. The molecule has 33 rings (SSSR count). The molecule has 21 aromatic carbocycles. The van der Waals surface area contributed by atoms with Crippen LogP contribution in [-0.2, 0) is 0 Å². The third-order valence-electron chi connectivity index (χ3n) is 30.5. The second-order valence-electron chi connectivity index (χ2n) is 37.4. The van der Waals surface area contributed by atoms with Crippen LogP contribution in [-0.4, -0.2) is 34.2 Å². The fraction of sp³-hybridized carbons (Fsp3) is 0. The quantitative estimate of drug-likeness (QED) is 0.165. The zero-order chi connectivity index (χ0) is 89.8. The van der Waals surface area contributed by atoms with Crippen LogP contribution in [0.25, 0.3) is 210 Å². The van der Waals surface area contributed by atoms with Crippen LogP contribution >= 0.6 is 34.0 Å². The predicted molar refractivity (Wildman–Crippen MR) is 594 cm³/mol. The van der Waals surface area contributed by atoms with E-state index in [9.17, 15) is 0 Å². The Morgan fingerprint density at radius 2 is 0.478 bits per heavy atom. The van der Waals surface area contributed by atoms with E-state index in [0.717, 1.165) is 0 Å². The number of nitrogens with zero attached hydrogens (tertiary/aromatic N) is 6. The Balaban J connectivity index is 0.0000000959. The molecule has 0 spiro atoms. The number of benzene rings is 21. The van der Waals surface area contributed by atoms with E-state index in [4.69, 9.17) is 0 Å². The van der Waals surface area contributed by atoms with Gasteiger partial charge >= 0.3 is 20.5 Å². The highest BCUT2D eigenvalue weighted by Crippen LogP contribution is 2.55. The summed E-state index contributed by atoms with van der Waals surface area (Å²) in [5.41, 5.74) is 42.8. The molecular formula is C126H75B3N6S3. The van der Waals surface area contributed by atoms with E-state index in [1.165, 1.54) is 277 Å². The molecule has 0 N–H and O–H groups in total. The molecule has 0 unspecified atom stereocenters. The zero-order valence-corrected chi connectivity index (χ0v) is 76.9. The van der Waals surface area contributed by atoms with Gasteiger partial charge < -0.3 is 28.1 Å². The number of aromatic nitrogens is 3. The number of para-hydroxylation sites is 12. The number of anilines is 6. The van der Waals surface area contributed by atoms with Crippen molar-refractivity contribution in [1.82, 2.24) is 13.7 Å². The highest BCUT2D eigenvalue weighted by Gasteiger charge is 2.47. The molecule has 6 aliphatic rings. The van der Waals surface area contributed by atoms with Crippen LogP contribution in [0.3, 0.4) is 0 Å². The van der Waals surface area contributed by atoms with Crippen molar-refractivity contribution in [3.8, 4) is 83.8 Å². The Hall–Kier alpha value is -16.7. The molecule has 6 aliphatic heterocycles. The lowest BCUT2D eigenvalue weighted by molar-refractivity contribution is 1.18. The lowest BCUT2D eigenvalue weighted by Gasteiger charge is -2.43. The van der Waals surface area contributed by atoms with Gasteiger partial charge in [-0.25, -0.2) is 0 Å². The topological polar surface area (TPSA) is 24.5 Å². The van der Waals surface area contributed by atoms with E-state index in [1.807, 2.05) is 34.0 Å². The van der Waals surface area contributed by atoms with Crippen LogP contribution in [0, 0.1) is 0 Å². The molecular weight excluding hydrogens is 1730 g/mol. The number of hydrogen-bond acceptors (Lipinski definition) is 6. The van der Waals surface area contributed by atoms with Gasteiger partial charge in [-0.1, -0.05) is 322 Å². The first-order chi connectivity index (χ1) is 68.5. The van der Waals surface area contributed by atoms with Crippen LogP contribution in [0.15, 0.2) is 455 Å². The van der Waals surface area contributed by atoms with E-state index in [-0.39, 0.29) is 20.5 Å². The van der Waals surface area contributed by atoms with Gasteiger partial charge in [0.15, 0.2) is 0 Å². The first-order valence-electron chi connectivity index (χ1n) is 47.7. The maximum atomic E-state index is 2.60. The lowest BCUT2D eigenvalue weighted by Crippen LogP contribution is -2.59. The van der Waals surface area contributed by atoms with E-state index >= 15 is 0 Å². The first kappa shape index (κ1) is 76.7. The minimum atomic E-state index is 0.0844. The van der Waals surface area contributed by atoms with Crippen LogP contribution in [0.2, 0.25) is 0 Å². The Morgan fingerprint density at radius 1 is 0.159 bits per heavy atom. The summed E-state index contributed by atoms with van der Waals surface area (Å²) in [6.45, 7) is 0.288. The molecule has 0 atom stereocenters. The largest absolute Gasteiger partial charge is 0.376 e. The average Bonchev–Trinajstić information content (AvgIpc) is 1.21. The maximum Gasteiger partial charge on any atom is 0.330 e. The fourth-order valence-corrected chi connectivity index (χ4v) is 28.6. The van der Waals surface area contributed by atoms with Crippen molar-refractivity contribution >= 4 is 247 Å². The number of rotatable bonds is 3. The minimum absolute atomic E-state index is 0.0844. The molecule has 12 heterocycles. The summed E-state index contributed by atoms with van der Waals surface area (Å²) in [5, 5.41) is 15.8. The van der Waals surface area contributed by atoms with Gasteiger partial charge in [-0.15, -0.1) is 34.0 Å². The van der Waals surface area contributed by atoms with Gasteiger partial charge in [0.1, 0.15) is 0 Å². The number of thiophene rings is 3. The third-order valence-corrected chi connectivity index (χ3v) is 34.0. The lowest BCUT2D eigenvalue weighted by atomic mass is 9.43. The smallest absolute Gasteiger partial charge is 0.330 e. The van der Waals surface area contributed by atoms with E-state index < -0.39 is 0 Å². The molecule has 138 heavy (non-hydrogen) atoms. The van der Waals surface area contributed by atoms with Gasteiger partial charge in [-0.3, -0.25) is 0 Å². The summed E-state index contributed by atoms with van der Waals surface area (Å²) in [6, 6.07) is 169. The first-order valence-corrected chi connectivity index (χ1v) is 50.1. The van der Waals surface area contributed by atoms with Crippen LogP contribution in [0.4, 0.5) is 34.1 Å². The molecule has 0 aliphatic carbocycles. The van der Waals surface area contributed by atoms with Gasteiger partial charge in [0.25, 0.3) is 0 Å². The molecule has 0 saturated carbocycles. The zero-order valence-electron chi connectivity index (χ0n) is 74.4. The predicted octanol–water partition coefficient (Wildman–Crippen LogP) is 30.2. The standard InChI is InChI=1S/3C42H25BN2S/c1-2-12-26(13-3-1)44-37-19-9-5-17-30(37)32-22-33-34-23-36-31(24-41(34)46-42(33)25-40(32)44)29-16-7-11-21-39(29)45-38-20-10-6-15-28(38)27-14-4-8-18-35(27)43(36)45;1-2-12-26(13-3-1)44-36-19-9-5-17-30(36)33-25-40-34(24-39(33)44)32-23-22-31-29-16-7-11-21-38(29)45-37-20-10-6-15-28(37)27-14-4-8-18-35(27)43(45)41(31)42(32)46-40;1-2-12-26(13-3-1)44-36-19-9-5-16-29(36)32-24-33-30-22-23-35-41(42(30)46-40(33)25-39(32)44)31-17-7-11-21-38(31)45-37-20-10-6-15-28(37)27-14-4-8-18-34(27)43(35)45/h3*1-25H. The average molecular weight is 1800 g/mol. The summed E-state index contributed by atoms with van der Waals surface area (Å²) >= 11 is 5.81. The highest BCUT2D eigenvalue weighted by atomic mass is 32.1. The van der Waals surface area contributed by atoms with Gasteiger partial charge in [-0.05, 0) is 210 Å². The second-order valence-corrected chi connectivity index (χ2v) is 40.6. The van der Waals surface area contributed by atoms with Crippen molar-refractivity contribution in [2.45, 2.75) is 0 Å². The summed E-state index contributed by atoms with van der Waals surface area (Å²) in [4.78, 5) is 7.77. The summed E-state index contributed by atoms with van der Waals surface area (Å²) in [5.74, 6) is 0. The van der Waals surface area contributed by atoms with E-state index in [1.54, 1.807) is 0 Å². The third kappa shape index (κ3) is 10.8. The number of fused-ring (bicyclic) bond motifs is 53. The molecule has 12 heteroatoms. The molecule has 6 nitrogen and oxygen atoms in total. The maximum absolute atomic E-state index is 2.60. The van der Waals surface area contributed by atoms with Crippen molar-refractivity contribution in [3.05, 3.63) is 455 Å². The molecule has 636 valence electrons. The fourth-order valence-electron chi connectivity index (χ4n) is 24.9. The normalized spacial score (nSPS) is 13.1. The Kier molecular flexibility index (Phi) is 16.3. The summed E-state index contributed by atoms with van der Waals surface area (Å²) in [6.07, 6.45) is 0. The van der Waals surface area contributed by atoms with Gasteiger partial charge in [0.2, 0.25) is 0 Å².